The molecule has 2 aromatic rings. The normalized spacial score (nSPS) is 16.2. The van der Waals surface area contributed by atoms with Crippen molar-refractivity contribution >= 4 is 51.0 Å². The van der Waals surface area contributed by atoms with Crippen LogP contribution in [-0.4, -0.2) is 81.3 Å². The van der Waals surface area contributed by atoms with Gasteiger partial charge in [-0.05, 0) is 17.7 Å². The number of ether oxygens (including phenoxy) is 1. The molecule has 1 aromatic heterocycles. The number of rotatable bonds is 6. The molecule has 2 amide bonds. The Balaban J connectivity index is 1.21. The highest BCUT2D eigenvalue weighted by atomic mass is 32.2. The van der Waals surface area contributed by atoms with Gasteiger partial charge >= 0.3 is 6.09 Å². The number of thioether (sulfide) groups is 1. The summed E-state index contributed by atoms with van der Waals surface area (Å²) in [5.41, 5.74) is 1.02. The Bertz CT molecular complexity index is 1080. The zero-order valence-electron chi connectivity index (χ0n) is 18.4. The molecule has 4 rings (SSSR count). The van der Waals surface area contributed by atoms with E-state index in [1.54, 1.807) is 29.3 Å². The summed E-state index contributed by atoms with van der Waals surface area (Å²) in [6, 6.07) is 5.82. The van der Waals surface area contributed by atoms with Crippen molar-refractivity contribution in [2.45, 2.75) is 18.8 Å². The van der Waals surface area contributed by atoms with Crippen LogP contribution in [0.4, 0.5) is 15.6 Å². The molecule has 13 heteroatoms. The third kappa shape index (κ3) is 5.65. The van der Waals surface area contributed by atoms with Gasteiger partial charge in [0.1, 0.15) is 12.3 Å². The van der Waals surface area contributed by atoms with Gasteiger partial charge in [0.05, 0.1) is 4.92 Å². The fourth-order valence-electron chi connectivity index (χ4n) is 3.62. The van der Waals surface area contributed by atoms with Gasteiger partial charge in [0.2, 0.25) is 0 Å². The lowest BCUT2D eigenvalue weighted by Crippen LogP contribution is -2.51. The molecule has 3 heterocycles. The van der Waals surface area contributed by atoms with E-state index in [0.29, 0.717) is 37.4 Å². The van der Waals surface area contributed by atoms with Crippen molar-refractivity contribution in [3.63, 3.8) is 0 Å². The number of benzene rings is 1. The van der Waals surface area contributed by atoms with Gasteiger partial charge in [-0.2, -0.15) is 0 Å². The number of thiazole rings is 1. The number of carbonyl (C=O) groups excluding carboxylic acids is 3. The molecule has 0 aliphatic carbocycles. The molecule has 2 aliphatic rings. The Morgan fingerprint density at radius 2 is 1.79 bits per heavy atom. The molecule has 0 spiro atoms. The van der Waals surface area contributed by atoms with E-state index in [-0.39, 0.29) is 28.6 Å². The summed E-state index contributed by atoms with van der Waals surface area (Å²) < 4.78 is 5.30. The molecular weight excluding hydrogens is 482 g/mol. The highest BCUT2D eigenvalue weighted by molar-refractivity contribution is 8.14. The number of piperazine rings is 1. The van der Waals surface area contributed by atoms with E-state index in [9.17, 15) is 24.5 Å². The number of hydrogen-bond donors (Lipinski definition) is 0. The van der Waals surface area contributed by atoms with Crippen LogP contribution in [-0.2, 0) is 16.1 Å². The molecule has 2 saturated heterocycles. The Labute approximate surface area is 203 Å². The van der Waals surface area contributed by atoms with E-state index in [1.165, 1.54) is 40.1 Å². The monoisotopic (exact) mass is 505 g/mol. The molecule has 2 fully saturated rings. The molecule has 1 aromatic carbocycles. The number of aromatic nitrogens is 1. The third-order valence-corrected chi connectivity index (χ3v) is 7.36. The summed E-state index contributed by atoms with van der Waals surface area (Å²) in [5, 5.41) is 13.6. The van der Waals surface area contributed by atoms with Gasteiger partial charge in [-0.1, -0.05) is 11.8 Å². The van der Waals surface area contributed by atoms with Gasteiger partial charge in [-0.3, -0.25) is 19.7 Å². The van der Waals surface area contributed by atoms with E-state index >= 15 is 0 Å². The lowest BCUT2D eigenvalue weighted by molar-refractivity contribution is -0.384. The van der Waals surface area contributed by atoms with Gasteiger partial charge in [0.25, 0.3) is 11.6 Å². The number of hydrogen-bond acceptors (Lipinski definition) is 10. The molecule has 11 nitrogen and oxygen atoms in total. The highest BCUT2D eigenvalue weighted by Crippen LogP contribution is 2.31. The number of nitro groups is 1. The molecule has 0 unspecified atom stereocenters. The molecule has 0 atom stereocenters. The Morgan fingerprint density at radius 3 is 2.41 bits per heavy atom. The van der Waals surface area contributed by atoms with E-state index in [0.717, 1.165) is 18.2 Å². The average molecular weight is 506 g/mol. The number of carbonyl (C=O) groups is 3. The van der Waals surface area contributed by atoms with Crippen molar-refractivity contribution in [1.82, 2.24) is 14.8 Å². The fraction of sp³-hybridized carbons (Fsp3) is 0.429. The molecule has 180 valence electrons. The van der Waals surface area contributed by atoms with E-state index < -0.39 is 11.0 Å². The summed E-state index contributed by atoms with van der Waals surface area (Å²) in [6.07, 6.45) is -0.489. The summed E-state index contributed by atoms with van der Waals surface area (Å²) in [7, 11) is 0. The van der Waals surface area contributed by atoms with Crippen LogP contribution in [0.15, 0.2) is 29.6 Å². The molecule has 34 heavy (non-hydrogen) atoms. The average Bonchev–Trinajstić information content (AvgIpc) is 3.29. The van der Waals surface area contributed by atoms with Crippen molar-refractivity contribution in [3.8, 4) is 0 Å². The zero-order valence-corrected chi connectivity index (χ0v) is 20.0. The number of non-ortho nitro benzene ring substituents is 1. The lowest BCUT2D eigenvalue weighted by Gasteiger charge is -2.38. The summed E-state index contributed by atoms with van der Waals surface area (Å²) in [4.78, 5) is 56.3. The minimum atomic E-state index is -0.489. The van der Waals surface area contributed by atoms with E-state index in [1.807, 2.05) is 0 Å². The van der Waals surface area contributed by atoms with Crippen LogP contribution in [0.3, 0.4) is 0 Å². The summed E-state index contributed by atoms with van der Waals surface area (Å²) in [5.74, 6) is -0.170. The fourth-order valence-corrected chi connectivity index (χ4v) is 5.41. The van der Waals surface area contributed by atoms with E-state index in [2.05, 4.69) is 9.88 Å². The molecule has 0 bridgehead atoms. The number of nitro benzene ring substituents is 1. The maximum absolute atomic E-state index is 12.8. The van der Waals surface area contributed by atoms with Gasteiger partial charge in [0, 0.05) is 69.0 Å². The standard InChI is InChI=1S/C21H23N5O6S2/c1-14(27)34-17-10-25(11-17)20-22-18(13-33-20)19(28)23-6-8-24(9-7-23)21(29)32-12-15-2-4-16(5-3-15)26(30)31/h2-5,13,17H,6-12H2,1H3. The highest BCUT2D eigenvalue weighted by Gasteiger charge is 2.32. The first-order valence-corrected chi connectivity index (χ1v) is 12.4. The second-order valence-corrected chi connectivity index (χ2v) is 10.2. The Morgan fingerprint density at radius 1 is 1.15 bits per heavy atom. The molecular formula is C21H23N5O6S2. The molecule has 2 aliphatic heterocycles. The number of amides is 2. The number of nitrogens with zero attached hydrogens (tertiary/aromatic N) is 5. The predicted octanol–water partition coefficient (Wildman–Crippen LogP) is 2.61. The van der Waals surface area contributed by atoms with Gasteiger partial charge in [0.15, 0.2) is 10.2 Å². The summed E-state index contributed by atoms with van der Waals surface area (Å²) >= 11 is 2.75. The smallest absolute Gasteiger partial charge is 0.410 e. The second kappa shape index (κ2) is 10.4. The maximum atomic E-state index is 12.8. The predicted molar refractivity (Wildman–Crippen MR) is 127 cm³/mol. The van der Waals surface area contributed by atoms with Crippen LogP contribution in [0.5, 0.6) is 0 Å². The van der Waals surface area contributed by atoms with Crippen LogP contribution in [0.25, 0.3) is 0 Å². The van der Waals surface area contributed by atoms with Crippen LogP contribution in [0.2, 0.25) is 0 Å². The van der Waals surface area contributed by atoms with Crippen molar-refractivity contribution in [2.24, 2.45) is 0 Å². The van der Waals surface area contributed by atoms with Gasteiger partial charge < -0.3 is 19.4 Å². The maximum Gasteiger partial charge on any atom is 0.410 e. The van der Waals surface area contributed by atoms with Crippen LogP contribution >= 0.6 is 23.1 Å². The van der Waals surface area contributed by atoms with Crippen LogP contribution < -0.4 is 4.90 Å². The minimum absolute atomic E-state index is 0.0137. The first kappa shape index (κ1) is 24.0. The van der Waals surface area contributed by atoms with Crippen molar-refractivity contribution in [1.29, 1.82) is 0 Å². The lowest BCUT2D eigenvalue weighted by atomic mass is 10.2. The SMILES string of the molecule is CC(=O)SC1CN(c2nc(C(=O)N3CCN(C(=O)OCc4ccc([N+](=O)[O-])cc4)CC3)cs2)C1. The number of anilines is 1. The van der Waals surface area contributed by atoms with Crippen molar-refractivity contribution in [3.05, 3.63) is 51.0 Å². The van der Waals surface area contributed by atoms with Crippen molar-refractivity contribution < 1.29 is 24.0 Å². The first-order chi connectivity index (χ1) is 16.3. The Kier molecular flexibility index (Phi) is 7.32. The second-order valence-electron chi connectivity index (χ2n) is 7.91. The Hall–Kier alpha value is -3.19. The van der Waals surface area contributed by atoms with Crippen molar-refractivity contribution in [2.75, 3.05) is 44.2 Å². The van der Waals surface area contributed by atoms with Gasteiger partial charge in [-0.15, -0.1) is 11.3 Å². The molecule has 0 radical (unpaired) electrons. The largest absolute Gasteiger partial charge is 0.445 e. The van der Waals surface area contributed by atoms with Gasteiger partial charge in [-0.25, -0.2) is 9.78 Å². The third-order valence-electron chi connectivity index (χ3n) is 5.50. The van der Waals surface area contributed by atoms with Crippen LogP contribution in [0.1, 0.15) is 23.0 Å². The molecule has 0 N–H and O–H groups in total. The minimum Gasteiger partial charge on any atom is -0.445 e. The van der Waals surface area contributed by atoms with Crippen LogP contribution in [0, 0.1) is 10.1 Å². The topological polar surface area (TPSA) is 126 Å². The molecule has 0 saturated carbocycles. The quantitative estimate of drug-likeness (QED) is 0.430. The zero-order chi connectivity index (χ0) is 24.2. The van der Waals surface area contributed by atoms with E-state index in [4.69, 9.17) is 4.74 Å². The summed E-state index contributed by atoms with van der Waals surface area (Å²) in [6.45, 7) is 4.50. The first-order valence-electron chi connectivity index (χ1n) is 10.6.